The molecule has 0 unspecified atom stereocenters. The van der Waals surface area contributed by atoms with E-state index >= 15 is 0 Å². The van der Waals surface area contributed by atoms with Gasteiger partial charge in [0.25, 0.3) is 5.91 Å². The third-order valence-corrected chi connectivity index (χ3v) is 11.8. The molecule has 262 valence electrons. The number of hydrogen-bond donors (Lipinski definition) is 3. The highest BCUT2D eigenvalue weighted by molar-refractivity contribution is 7.91. The Morgan fingerprint density at radius 3 is 2.44 bits per heavy atom. The number of rotatable bonds is 6. The van der Waals surface area contributed by atoms with E-state index in [1.165, 1.54) is 13.0 Å². The molecule has 7 rings (SSSR count). The molecule has 0 radical (unpaired) electrons. The molecule has 14 heteroatoms. The number of amides is 3. The number of nitrogens with zero attached hydrogens (tertiary/aromatic N) is 1. The van der Waals surface area contributed by atoms with Crippen molar-refractivity contribution in [3.05, 3.63) is 78.4 Å². The molecule has 3 saturated carbocycles. The molecule has 13 nitrogen and oxygen atoms in total. The molecular formula is C36H38N4O9S. The van der Waals surface area contributed by atoms with E-state index in [1.54, 1.807) is 12.2 Å². The van der Waals surface area contributed by atoms with E-state index in [1.807, 2.05) is 42.5 Å². The largest absolute Gasteiger partial charge is 0.490 e. The summed E-state index contributed by atoms with van der Waals surface area (Å²) in [5.41, 5.74) is 2.64. The van der Waals surface area contributed by atoms with E-state index in [2.05, 4.69) is 27.1 Å². The van der Waals surface area contributed by atoms with Gasteiger partial charge in [-0.05, 0) is 80.5 Å². The molecule has 0 aromatic heterocycles. The van der Waals surface area contributed by atoms with Crippen molar-refractivity contribution in [2.24, 2.45) is 22.9 Å². The number of nitrogens with one attached hydrogen (secondary N) is 3. The summed E-state index contributed by atoms with van der Waals surface area (Å²) in [6, 6.07) is 12.4. The van der Waals surface area contributed by atoms with Gasteiger partial charge in [-0.3, -0.25) is 19.1 Å². The van der Waals surface area contributed by atoms with E-state index in [4.69, 9.17) is 14.3 Å². The number of esters is 1. The molecule has 3 N–H and O–H groups in total. The summed E-state index contributed by atoms with van der Waals surface area (Å²) >= 11 is 0. The summed E-state index contributed by atoms with van der Waals surface area (Å²) < 4.78 is 38.6. The van der Waals surface area contributed by atoms with Crippen LogP contribution >= 0.6 is 0 Å². The van der Waals surface area contributed by atoms with Crippen molar-refractivity contribution >= 4 is 39.4 Å². The van der Waals surface area contributed by atoms with Crippen LogP contribution in [-0.2, 0) is 38.8 Å². The van der Waals surface area contributed by atoms with Crippen molar-refractivity contribution in [2.75, 3.05) is 13.2 Å². The highest BCUT2D eigenvalue weighted by Crippen LogP contribution is 2.46. The second-order valence-corrected chi connectivity index (χ2v) is 15.4. The van der Waals surface area contributed by atoms with Crippen LogP contribution in [0.5, 0.6) is 5.75 Å². The lowest BCUT2D eigenvalue weighted by Gasteiger charge is -2.24. The van der Waals surface area contributed by atoms with E-state index < -0.39 is 74.4 Å². The van der Waals surface area contributed by atoms with E-state index in [0.29, 0.717) is 24.3 Å². The average Bonchev–Trinajstić information content (AvgIpc) is 4.01. The average molecular weight is 703 g/mol. The minimum absolute atomic E-state index is 0.0336. The van der Waals surface area contributed by atoms with Gasteiger partial charge in [-0.15, -0.1) is 6.58 Å². The maximum atomic E-state index is 14.0. The number of carbonyl (C=O) groups is 4. The number of cyclic esters (lactones) is 1. The Labute approximate surface area is 289 Å². The molecule has 1 heterocycles. The number of sulfonamides is 1. The van der Waals surface area contributed by atoms with Crippen molar-refractivity contribution in [1.29, 1.82) is 0 Å². The molecular weight excluding hydrogens is 664 g/mol. The van der Waals surface area contributed by atoms with E-state index in [9.17, 15) is 27.6 Å². The van der Waals surface area contributed by atoms with Gasteiger partial charge in [0, 0.05) is 17.0 Å². The van der Waals surface area contributed by atoms with Crippen LogP contribution in [0.25, 0.3) is 11.1 Å². The van der Waals surface area contributed by atoms with Crippen LogP contribution in [0.2, 0.25) is 0 Å². The summed E-state index contributed by atoms with van der Waals surface area (Å²) in [5, 5.41) is 9.39. The summed E-state index contributed by atoms with van der Waals surface area (Å²) in [4.78, 5) is 59.9. The van der Waals surface area contributed by atoms with Crippen molar-refractivity contribution in [3.8, 4) is 16.9 Å². The molecule has 3 amide bonds. The normalized spacial score (nSPS) is 30.6. The van der Waals surface area contributed by atoms with Crippen molar-refractivity contribution < 1.29 is 41.9 Å². The number of carbonyl (C=O) groups excluding carboxylic acids is 4. The molecule has 2 aromatic rings. The van der Waals surface area contributed by atoms with Crippen LogP contribution < -0.4 is 20.1 Å². The Kier molecular flexibility index (Phi) is 8.75. The van der Waals surface area contributed by atoms with Crippen LogP contribution in [0.4, 0.5) is 0 Å². The summed E-state index contributed by atoms with van der Waals surface area (Å²) in [6.07, 6.45) is 5.42. The Balaban J connectivity index is 1.18. The Bertz CT molecular complexity index is 1940. The molecule has 3 fully saturated rings. The maximum absolute atomic E-state index is 14.0. The number of fused-ring (bicyclic) bond motifs is 6. The molecule has 4 bridgehead atoms. The zero-order valence-corrected chi connectivity index (χ0v) is 28.2. The Morgan fingerprint density at radius 2 is 1.72 bits per heavy atom. The standard InChI is InChI=1S/C36H38N4O9S/c1-3-21-19-36(21,35(44)40-50(45,46)24-11-12-24)38-33(42)30-18-23-17-29(30)32(41)37-20(2)34(43)48-15-7-6-14-47-22-10-13-26-25-8-4-5-9-27(25)31(39-49-23)28(26)16-22/h3-10,13,16,20-21,23-24,29-30H,1,11-12,14-15,17-19H2,2H3,(H,37,41)(H,38,42)(H,40,44)/b7-6-,39-31+/t20-,21-,23+,29-,30-,36-/m1/s1. The van der Waals surface area contributed by atoms with Gasteiger partial charge in [-0.2, -0.15) is 0 Å². The predicted molar refractivity (Wildman–Crippen MR) is 181 cm³/mol. The zero-order chi connectivity index (χ0) is 35.2. The van der Waals surface area contributed by atoms with Crippen LogP contribution in [0.3, 0.4) is 0 Å². The second-order valence-electron chi connectivity index (χ2n) is 13.4. The fourth-order valence-corrected chi connectivity index (χ4v) is 8.30. The number of ether oxygens (including phenoxy) is 2. The van der Waals surface area contributed by atoms with Gasteiger partial charge in [0.2, 0.25) is 21.8 Å². The lowest BCUT2D eigenvalue weighted by molar-refractivity contribution is -0.147. The zero-order valence-electron chi connectivity index (χ0n) is 27.4. The lowest BCUT2D eigenvalue weighted by atomic mass is 9.93. The molecule has 0 saturated heterocycles. The molecule has 1 aliphatic heterocycles. The first-order valence-corrected chi connectivity index (χ1v) is 18.3. The Hall–Kier alpha value is -4.98. The van der Waals surface area contributed by atoms with Gasteiger partial charge in [0.05, 0.1) is 17.1 Å². The summed E-state index contributed by atoms with van der Waals surface area (Å²) in [6.45, 7) is 5.44. The fraction of sp³-hybridized carbons (Fsp3) is 0.417. The fourth-order valence-electron chi connectivity index (χ4n) is 6.94. The van der Waals surface area contributed by atoms with Gasteiger partial charge in [0.1, 0.15) is 42.4 Å². The van der Waals surface area contributed by atoms with Gasteiger partial charge in [0.15, 0.2) is 0 Å². The highest BCUT2D eigenvalue weighted by Gasteiger charge is 2.62. The van der Waals surface area contributed by atoms with E-state index in [0.717, 1.165) is 22.3 Å². The van der Waals surface area contributed by atoms with E-state index in [-0.39, 0.29) is 32.5 Å². The first-order valence-electron chi connectivity index (χ1n) is 16.7. The molecule has 50 heavy (non-hydrogen) atoms. The number of hydrogen-bond acceptors (Lipinski definition) is 10. The quantitative estimate of drug-likeness (QED) is 0.257. The van der Waals surface area contributed by atoms with Crippen LogP contribution in [0.15, 0.2) is 72.4 Å². The second kappa shape index (κ2) is 13.0. The minimum atomic E-state index is -3.88. The minimum Gasteiger partial charge on any atom is -0.490 e. The lowest BCUT2D eigenvalue weighted by Crippen LogP contribution is -2.54. The molecule has 0 spiro atoms. The molecule has 6 atom stereocenters. The third-order valence-electron chi connectivity index (χ3n) is 10.0. The molecule has 2 aromatic carbocycles. The van der Waals surface area contributed by atoms with Gasteiger partial charge < -0.3 is 24.9 Å². The first-order chi connectivity index (χ1) is 24.0. The summed E-state index contributed by atoms with van der Waals surface area (Å²) in [7, 11) is -3.88. The number of benzene rings is 2. The van der Waals surface area contributed by atoms with Crippen LogP contribution in [0.1, 0.15) is 50.2 Å². The van der Waals surface area contributed by atoms with Crippen molar-refractivity contribution in [1.82, 2.24) is 15.4 Å². The van der Waals surface area contributed by atoms with Gasteiger partial charge in [-0.25, -0.2) is 13.2 Å². The van der Waals surface area contributed by atoms with Crippen molar-refractivity contribution in [3.63, 3.8) is 0 Å². The van der Waals surface area contributed by atoms with Gasteiger partial charge >= 0.3 is 5.97 Å². The molecule has 5 aliphatic rings. The number of oxime groups is 1. The SMILES string of the molecule is C=C[C@@H]1C[C@]1(NC(=O)[C@@H]1C[C@@H]2C[C@H]1C(=O)N[C@H](C)C(=O)OC/C=C\COc1ccc3c(c1)/C(=N/O2)c1ccccc1-3)C(=O)NS(=O)(=O)C1CC1. The third kappa shape index (κ3) is 6.39. The highest BCUT2D eigenvalue weighted by atomic mass is 32.2. The van der Waals surface area contributed by atoms with Crippen molar-refractivity contribution in [2.45, 2.75) is 62.0 Å². The topological polar surface area (TPSA) is 179 Å². The Morgan fingerprint density at radius 1 is 1.00 bits per heavy atom. The predicted octanol–water partition coefficient (Wildman–Crippen LogP) is 2.50. The smallest absolute Gasteiger partial charge is 0.328 e. The van der Waals surface area contributed by atoms with Crippen LogP contribution in [-0.4, -0.2) is 74.0 Å². The molecule has 4 aliphatic carbocycles. The van der Waals surface area contributed by atoms with Crippen LogP contribution in [0, 0.1) is 17.8 Å². The monoisotopic (exact) mass is 702 g/mol. The first kappa shape index (κ1) is 33.5. The van der Waals surface area contributed by atoms with Gasteiger partial charge in [-0.1, -0.05) is 35.5 Å². The summed E-state index contributed by atoms with van der Waals surface area (Å²) in [5.74, 6) is -4.53. The maximum Gasteiger partial charge on any atom is 0.328 e.